The number of rotatable bonds is 15. The molecule has 6 atom stereocenters. The van der Waals surface area contributed by atoms with E-state index in [1.165, 1.54) is 9.80 Å². The van der Waals surface area contributed by atoms with Crippen LogP contribution in [0.3, 0.4) is 0 Å². The van der Waals surface area contributed by atoms with Crippen LogP contribution in [-0.4, -0.2) is 102 Å². The van der Waals surface area contributed by atoms with Crippen LogP contribution in [-0.2, 0) is 33.5 Å². The fourth-order valence-electron chi connectivity index (χ4n) is 7.11. The molecule has 284 valence electrons. The first-order valence-corrected chi connectivity index (χ1v) is 18.2. The number of ether oxygens (including phenoxy) is 1. The van der Waals surface area contributed by atoms with Gasteiger partial charge in [-0.2, -0.15) is 0 Å². The number of nitrogens with zero attached hydrogens (tertiary/aromatic N) is 2. The molecule has 3 aliphatic rings. The SMILES string of the molecule is C=CCCC(NC(=O)[C@@H]1C2CC2CN1C(=O)[C@@H](NC(=O)OC(C)(C)C)C1CCCCC1)C(=O)C(=O)NCC(=O)NC(C(=O)N(C)C)c1ccccc1. The van der Waals surface area contributed by atoms with Crippen LogP contribution in [0.5, 0.6) is 0 Å². The van der Waals surface area contributed by atoms with Gasteiger partial charge in [0.1, 0.15) is 23.7 Å². The molecule has 4 unspecified atom stereocenters. The van der Waals surface area contributed by atoms with E-state index in [2.05, 4.69) is 27.8 Å². The average Bonchev–Trinajstić information content (AvgIpc) is 3.77. The molecule has 2 aliphatic carbocycles. The minimum absolute atomic E-state index is 0.0702. The number of alkyl carbamates (subject to hydrolysis) is 1. The molecule has 1 heterocycles. The highest BCUT2D eigenvalue weighted by Gasteiger charge is 2.58. The van der Waals surface area contributed by atoms with Crippen molar-refractivity contribution in [2.75, 3.05) is 27.2 Å². The predicted molar refractivity (Wildman–Crippen MR) is 192 cm³/mol. The molecule has 0 aromatic heterocycles. The third kappa shape index (κ3) is 10.6. The third-order valence-electron chi connectivity index (χ3n) is 9.81. The van der Waals surface area contributed by atoms with Crippen molar-refractivity contribution in [1.29, 1.82) is 0 Å². The van der Waals surface area contributed by atoms with E-state index in [-0.39, 0.29) is 36.0 Å². The van der Waals surface area contributed by atoms with Gasteiger partial charge in [0.05, 0.1) is 12.6 Å². The molecular weight excluding hydrogens is 668 g/mol. The molecule has 4 rings (SSSR count). The zero-order valence-corrected chi connectivity index (χ0v) is 30.9. The summed E-state index contributed by atoms with van der Waals surface area (Å²) in [5.74, 6) is -4.11. The minimum atomic E-state index is -1.25. The number of allylic oxidation sites excluding steroid dienone is 1. The average molecular weight is 723 g/mol. The van der Waals surface area contributed by atoms with Crippen molar-refractivity contribution < 1.29 is 38.3 Å². The Morgan fingerprint density at radius 2 is 1.65 bits per heavy atom. The van der Waals surface area contributed by atoms with E-state index in [4.69, 9.17) is 4.74 Å². The van der Waals surface area contributed by atoms with Crippen molar-refractivity contribution in [3.05, 3.63) is 48.6 Å². The third-order valence-corrected chi connectivity index (χ3v) is 9.81. The molecule has 2 saturated carbocycles. The van der Waals surface area contributed by atoms with Gasteiger partial charge in [0.15, 0.2) is 0 Å². The number of hydrogen-bond donors (Lipinski definition) is 4. The first kappa shape index (κ1) is 40.0. The Kier molecular flexibility index (Phi) is 13.6. The zero-order valence-electron chi connectivity index (χ0n) is 30.9. The Bertz CT molecular complexity index is 1500. The predicted octanol–water partition coefficient (Wildman–Crippen LogP) is 2.39. The second-order valence-electron chi connectivity index (χ2n) is 15.2. The van der Waals surface area contributed by atoms with Crippen LogP contribution >= 0.6 is 0 Å². The van der Waals surface area contributed by atoms with Gasteiger partial charge in [-0.15, -0.1) is 6.58 Å². The number of hydrogen-bond acceptors (Lipinski definition) is 8. The van der Waals surface area contributed by atoms with Crippen LogP contribution in [0.2, 0.25) is 0 Å². The molecule has 4 N–H and O–H groups in total. The summed E-state index contributed by atoms with van der Waals surface area (Å²) in [6, 6.07) is 4.63. The summed E-state index contributed by atoms with van der Waals surface area (Å²) >= 11 is 0. The molecule has 14 heteroatoms. The van der Waals surface area contributed by atoms with Crippen molar-refractivity contribution in [2.24, 2.45) is 17.8 Å². The van der Waals surface area contributed by atoms with Gasteiger partial charge in [0.25, 0.3) is 5.91 Å². The van der Waals surface area contributed by atoms with Gasteiger partial charge in [0.2, 0.25) is 29.4 Å². The lowest BCUT2D eigenvalue weighted by Crippen LogP contribution is -2.59. The number of amides is 6. The molecule has 6 amide bonds. The number of nitrogens with one attached hydrogen (secondary N) is 4. The highest BCUT2D eigenvalue weighted by molar-refractivity contribution is 6.38. The Balaban J connectivity index is 1.42. The summed E-state index contributed by atoms with van der Waals surface area (Å²) in [5, 5.41) is 10.5. The second kappa shape index (κ2) is 17.6. The molecule has 1 saturated heterocycles. The van der Waals surface area contributed by atoms with E-state index in [0.717, 1.165) is 38.5 Å². The molecule has 14 nitrogen and oxygen atoms in total. The summed E-state index contributed by atoms with van der Waals surface area (Å²) < 4.78 is 5.48. The first-order chi connectivity index (χ1) is 24.6. The van der Waals surface area contributed by atoms with Crippen molar-refractivity contribution in [3.8, 4) is 0 Å². The Morgan fingerprint density at radius 3 is 2.27 bits per heavy atom. The lowest BCUT2D eigenvalue weighted by molar-refractivity contribution is -0.144. The van der Waals surface area contributed by atoms with Gasteiger partial charge in [-0.1, -0.05) is 55.7 Å². The Hall–Kier alpha value is -4.75. The number of Topliss-reactive ketones (excluding diaryl/α,β-unsaturated/α-hetero) is 1. The lowest BCUT2D eigenvalue weighted by Gasteiger charge is -2.36. The van der Waals surface area contributed by atoms with E-state index in [1.54, 1.807) is 71.3 Å². The molecule has 1 aromatic carbocycles. The normalized spacial score (nSPS) is 21.3. The fourth-order valence-corrected chi connectivity index (χ4v) is 7.11. The topological polar surface area (TPSA) is 183 Å². The van der Waals surface area contributed by atoms with Gasteiger partial charge >= 0.3 is 6.09 Å². The maximum Gasteiger partial charge on any atom is 0.408 e. The highest BCUT2D eigenvalue weighted by Crippen LogP contribution is 2.50. The Labute approximate surface area is 305 Å². The van der Waals surface area contributed by atoms with Gasteiger partial charge in [-0.3, -0.25) is 28.8 Å². The maximum atomic E-state index is 14.2. The fraction of sp³-hybridized carbons (Fsp3) is 0.605. The van der Waals surface area contributed by atoms with Crippen LogP contribution in [0, 0.1) is 17.8 Å². The lowest BCUT2D eigenvalue weighted by atomic mass is 9.83. The van der Waals surface area contributed by atoms with E-state index in [9.17, 15) is 33.6 Å². The molecule has 1 aliphatic heterocycles. The largest absolute Gasteiger partial charge is 0.444 e. The van der Waals surface area contributed by atoms with Gasteiger partial charge in [-0.25, -0.2) is 4.79 Å². The van der Waals surface area contributed by atoms with Crippen molar-refractivity contribution in [3.63, 3.8) is 0 Å². The number of benzene rings is 1. The van der Waals surface area contributed by atoms with Crippen LogP contribution in [0.15, 0.2) is 43.0 Å². The summed E-state index contributed by atoms with van der Waals surface area (Å²) in [6.07, 6.45) is 6.40. The first-order valence-electron chi connectivity index (χ1n) is 18.2. The summed E-state index contributed by atoms with van der Waals surface area (Å²) in [5.41, 5.74) is -0.215. The zero-order chi connectivity index (χ0) is 38.2. The second-order valence-corrected chi connectivity index (χ2v) is 15.2. The highest BCUT2D eigenvalue weighted by atomic mass is 16.6. The Morgan fingerprint density at radius 1 is 0.981 bits per heavy atom. The molecule has 1 aromatic rings. The van der Waals surface area contributed by atoms with Gasteiger partial charge in [0, 0.05) is 20.6 Å². The van der Waals surface area contributed by atoms with Gasteiger partial charge < -0.3 is 35.8 Å². The summed E-state index contributed by atoms with van der Waals surface area (Å²) in [6.45, 7) is 8.68. The van der Waals surface area contributed by atoms with E-state index < -0.39 is 65.9 Å². The minimum Gasteiger partial charge on any atom is -0.444 e. The van der Waals surface area contributed by atoms with Crippen LogP contribution in [0.1, 0.15) is 83.7 Å². The number of carbonyl (C=O) groups excluding carboxylic acids is 7. The molecule has 0 spiro atoms. The molecule has 0 bridgehead atoms. The van der Waals surface area contributed by atoms with Crippen LogP contribution in [0.25, 0.3) is 0 Å². The smallest absolute Gasteiger partial charge is 0.408 e. The number of likely N-dealkylation sites (N-methyl/N-ethyl adjacent to an activating group) is 1. The van der Waals surface area contributed by atoms with Crippen molar-refractivity contribution in [1.82, 2.24) is 31.1 Å². The number of piperidine rings is 1. The molecule has 3 fully saturated rings. The van der Waals surface area contributed by atoms with E-state index >= 15 is 0 Å². The standard InChI is InChI=1S/C38H54N6O8/c1-7-8-19-27(32(46)34(48)39-21-28(45)41-29(35(49)43(5)6)23-15-11-9-12-16-23)40-33(47)31-26-20-25(26)22-44(31)36(50)30(24-17-13-10-14-18-24)42-37(51)52-38(2,3)4/h7,9,11-12,15-16,24-27,29-31H,1,8,10,13-14,17-22H2,2-6H3,(H,39,48)(H,40,47)(H,41,45)(H,42,51)/t25?,26?,27?,29?,30-,31-/m0/s1. The molecule has 52 heavy (non-hydrogen) atoms. The van der Waals surface area contributed by atoms with Crippen LogP contribution < -0.4 is 21.3 Å². The number of ketones is 1. The van der Waals surface area contributed by atoms with Crippen molar-refractivity contribution in [2.45, 2.75) is 102 Å². The van der Waals surface area contributed by atoms with Crippen LogP contribution in [0.4, 0.5) is 4.79 Å². The maximum absolute atomic E-state index is 14.2. The number of likely N-dealkylation sites (tertiary alicyclic amines) is 1. The summed E-state index contributed by atoms with van der Waals surface area (Å²) in [7, 11) is 3.12. The summed E-state index contributed by atoms with van der Waals surface area (Å²) in [4.78, 5) is 96.0. The van der Waals surface area contributed by atoms with Gasteiger partial charge in [-0.05, 0) is 76.2 Å². The molecule has 0 radical (unpaired) electrons. The number of fused-ring (bicyclic) bond motifs is 1. The quantitative estimate of drug-likeness (QED) is 0.157. The van der Waals surface area contributed by atoms with E-state index in [1.807, 2.05) is 0 Å². The molecular formula is C38H54N6O8. The number of carbonyl (C=O) groups is 7. The van der Waals surface area contributed by atoms with E-state index in [0.29, 0.717) is 18.5 Å². The monoisotopic (exact) mass is 722 g/mol. The van der Waals surface area contributed by atoms with Crippen molar-refractivity contribution >= 4 is 41.4 Å².